The summed E-state index contributed by atoms with van der Waals surface area (Å²) < 4.78 is 16.7. The zero-order valence-corrected chi connectivity index (χ0v) is 15.9. The molecule has 0 bridgehead atoms. The summed E-state index contributed by atoms with van der Waals surface area (Å²) >= 11 is 0. The second-order valence-electron chi connectivity index (χ2n) is 7.95. The van der Waals surface area contributed by atoms with Crippen LogP contribution < -0.4 is 4.74 Å². The van der Waals surface area contributed by atoms with Gasteiger partial charge < -0.3 is 19.1 Å². The van der Waals surface area contributed by atoms with Crippen molar-refractivity contribution in [3.8, 4) is 5.75 Å². The predicted octanol–water partition coefficient (Wildman–Crippen LogP) is 3.91. The van der Waals surface area contributed by atoms with Gasteiger partial charge in [-0.3, -0.25) is 0 Å². The predicted molar refractivity (Wildman–Crippen MR) is 96.2 cm³/mol. The van der Waals surface area contributed by atoms with Gasteiger partial charge in [-0.25, -0.2) is 9.59 Å². The minimum atomic E-state index is -0.518. The van der Waals surface area contributed by atoms with Gasteiger partial charge in [0, 0.05) is 12.1 Å². The summed E-state index contributed by atoms with van der Waals surface area (Å²) in [7, 11) is 0. The van der Waals surface area contributed by atoms with E-state index < -0.39 is 5.60 Å². The molecule has 1 aromatic rings. The molecule has 6 nitrogen and oxygen atoms in total. The highest BCUT2D eigenvalue weighted by Crippen LogP contribution is 2.28. The van der Waals surface area contributed by atoms with Gasteiger partial charge in [-0.15, -0.1) is 0 Å². The van der Waals surface area contributed by atoms with Gasteiger partial charge >= 0.3 is 12.1 Å². The van der Waals surface area contributed by atoms with Gasteiger partial charge in [0.05, 0.1) is 11.6 Å². The Kier molecular flexibility index (Phi) is 5.12. The molecule has 2 aliphatic rings. The number of ether oxygens (including phenoxy) is 3. The Labute approximate surface area is 154 Å². The lowest BCUT2D eigenvalue weighted by atomic mass is 9.98. The maximum Gasteiger partial charge on any atom is 0.410 e. The van der Waals surface area contributed by atoms with Gasteiger partial charge in [-0.2, -0.15) is 0 Å². The highest BCUT2D eigenvalue weighted by Gasteiger charge is 2.34. The van der Waals surface area contributed by atoms with Crippen molar-refractivity contribution in [2.24, 2.45) is 0 Å². The van der Waals surface area contributed by atoms with Crippen LogP contribution in [0.2, 0.25) is 0 Å². The number of amides is 1. The fourth-order valence-corrected chi connectivity index (χ4v) is 3.47. The van der Waals surface area contributed by atoms with Crippen molar-refractivity contribution >= 4 is 12.1 Å². The number of carbonyl (C=O) groups is 2. The summed E-state index contributed by atoms with van der Waals surface area (Å²) in [5.41, 5.74) is 0.917. The molecule has 2 unspecified atom stereocenters. The Hall–Kier alpha value is -2.24. The third-order valence-electron chi connectivity index (χ3n) is 4.70. The summed E-state index contributed by atoms with van der Waals surface area (Å²) in [5, 5.41) is 0. The van der Waals surface area contributed by atoms with Gasteiger partial charge in [0.1, 0.15) is 24.1 Å². The van der Waals surface area contributed by atoms with Crippen LogP contribution in [0.25, 0.3) is 0 Å². The molecule has 0 aliphatic carbocycles. The largest absolute Gasteiger partial charge is 0.489 e. The average molecular weight is 361 g/mol. The molecule has 26 heavy (non-hydrogen) atoms. The fourth-order valence-electron chi connectivity index (χ4n) is 3.47. The van der Waals surface area contributed by atoms with Crippen molar-refractivity contribution in [3.05, 3.63) is 29.3 Å². The van der Waals surface area contributed by atoms with Gasteiger partial charge in [0.2, 0.25) is 0 Å². The molecule has 2 heterocycles. The van der Waals surface area contributed by atoms with Crippen LogP contribution >= 0.6 is 0 Å². The molecule has 0 N–H and O–H groups in total. The Morgan fingerprint density at radius 3 is 2.81 bits per heavy atom. The Morgan fingerprint density at radius 1 is 1.31 bits per heavy atom. The summed E-state index contributed by atoms with van der Waals surface area (Å²) in [4.78, 5) is 25.9. The van der Waals surface area contributed by atoms with Crippen LogP contribution in [-0.2, 0) is 16.1 Å². The van der Waals surface area contributed by atoms with Crippen LogP contribution in [0.15, 0.2) is 18.2 Å². The number of hydrogen-bond donors (Lipinski definition) is 0. The van der Waals surface area contributed by atoms with Gasteiger partial charge in [0.15, 0.2) is 0 Å². The highest BCUT2D eigenvalue weighted by atomic mass is 16.6. The molecule has 2 atom stereocenters. The van der Waals surface area contributed by atoms with Gasteiger partial charge in [-0.05, 0) is 65.2 Å². The number of hydrogen-bond acceptors (Lipinski definition) is 5. The number of nitrogens with zero attached hydrogens (tertiary/aromatic N) is 1. The summed E-state index contributed by atoms with van der Waals surface area (Å²) in [6, 6.07) is 5.32. The lowest BCUT2D eigenvalue weighted by Gasteiger charge is -2.39. The van der Waals surface area contributed by atoms with Crippen LogP contribution in [0.3, 0.4) is 0 Å². The molecule has 142 valence electrons. The molecule has 1 aromatic carbocycles. The van der Waals surface area contributed by atoms with Gasteiger partial charge in [-0.1, -0.05) is 0 Å². The van der Waals surface area contributed by atoms with E-state index >= 15 is 0 Å². The van der Waals surface area contributed by atoms with E-state index in [2.05, 4.69) is 0 Å². The molecular formula is C20H27NO5. The number of carbonyl (C=O) groups excluding carboxylic acids is 2. The number of esters is 1. The minimum absolute atomic E-state index is 0.0373. The molecule has 2 aliphatic heterocycles. The maximum absolute atomic E-state index is 12.6. The van der Waals surface area contributed by atoms with E-state index in [4.69, 9.17) is 14.2 Å². The zero-order valence-electron chi connectivity index (χ0n) is 15.9. The number of piperidine rings is 1. The average Bonchev–Trinajstić information content (AvgIpc) is 2.94. The van der Waals surface area contributed by atoms with Crippen molar-refractivity contribution in [1.82, 2.24) is 4.90 Å². The quantitative estimate of drug-likeness (QED) is 0.764. The first-order valence-electron chi connectivity index (χ1n) is 9.21. The number of fused-ring (bicyclic) bond motifs is 1. The maximum atomic E-state index is 12.6. The third kappa shape index (κ3) is 4.11. The van der Waals surface area contributed by atoms with Crippen LogP contribution in [-0.4, -0.2) is 41.3 Å². The monoisotopic (exact) mass is 361 g/mol. The molecule has 0 radical (unpaired) electrons. The lowest BCUT2D eigenvalue weighted by molar-refractivity contribution is -0.00809. The summed E-state index contributed by atoms with van der Waals surface area (Å²) in [6.07, 6.45) is 2.45. The van der Waals surface area contributed by atoms with Gasteiger partial charge in [0.25, 0.3) is 0 Å². The Bertz CT molecular complexity index is 694. The minimum Gasteiger partial charge on any atom is -0.489 e. The second kappa shape index (κ2) is 7.17. The van der Waals surface area contributed by atoms with E-state index in [1.165, 1.54) is 0 Å². The molecule has 1 saturated heterocycles. The van der Waals surface area contributed by atoms with E-state index in [0.717, 1.165) is 24.8 Å². The second-order valence-corrected chi connectivity index (χ2v) is 7.95. The van der Waals surface area contributed by atoms with E-state index in [0.29, 0.717) is 17.9 Å². The molecule has 0 aromatic heterocycles. The Morgan fingerprint density at radius 2 is 2.08 bits per heavy atom. The third-order valence-corrected chi connectivity index (χ3v) is 4.70. The fraction of sp³-hybridized carbons (Fsp3) is 0.600. The normalized spacial score (nSPS) is 21.0. The van der Waals surface area contributed by atoms with Crippen LogP contribution in [0.1, 0.15) is 62.9 Å². The van der Waals surface area contributed by atoms with Crippen molar-refractivity contribution in [2.75, 3.05) is 6.54 Å². The molecule has 6 heteroatoms. The first-order chi connectivity index (χ1) is 12.2. The smallest absolute Gasteiger partial charge is 0.410 e. The Balaban J connectivity index is 1.70. The summed E-state index contributed by atoms with van der Waals surface area (Å²) in [6.45, 7) is 8.56. The van der Waals surface area contributed by atoms with E-state index in [1.807, 2.05) is 33.8 Å². The number of cyclic esters (lactones) is 1. The van der Waals surface area contributed by atoms with E-state index in [1.54, 1.807) is 17.0 Å². The zero-order chi connectivity index (χ0) is 18.9. The van der Waals surface area contributed by atoms with Crippen molar-refractivity contribution in [2.45, 2.75) is 71.3 Å². The molecule has 3 rings (SSSR count). The molecule has 1 fully saturated rings. The molecular weight excluding hydrogens is 334 g/mol. The molecule has 1 amide bonds. The van der Waals surface area contributed by atoms with Crippen LogP contribution in [0.5, 0.6) is 5.75 Å². The first kappa shape index (κ1) is 18.5. The molecule has 0 saturated carbocycles. The van der Waals surface area contributed by atoms with Crippen molar-refractivity contribution < 1.29 is 23.8 Å². The lowest BCUT2D eigenvalue weighted by Crippen LogP contribution is -2.51. The van der Waals surface area contributed by atoms with E-state index in [9.17, 15) is 9.59 Å². The topological polar surface area (TPSA) is 65.1 Å². The summed E-state index contributed by atoms with van der Waals surface area (Å²) in [5.74, 6) is 0.396. The standard InChI is InChI=1S/C20H27NO5/c1-13(25-15-8-9-16-14(11-15)12-24-18(16)22)17-7-5-6-10-21(17)19(23)26-20(2,3)4/h8-9,11,13,17H,5-7,10,12H2,1-4H3. The SMILES string of the molecule is CC(Oc1ccc2c(c1)COC2=O)C1CCCCN1C(=O)OC(C)(C)C. The highest BCUT2D eigenvalue weighted by molar-refractivity contribution is 5.93. The van der Waals surface area contributed by atoms with E-state index in [-0.39, 0.29) is 30.8 Å². The van der Waals surface area contributed by atoms with Crippen molar-refractivity contribution in [1.29, 1.82) is 0 Å². The van der Waals surface area contributed by atoms with Crippen molar-refractivity contribution in [3.63, 3.8) is 0 Å². The molecule has 0 spiro atoms. The first-order valence-corrected chi connectivity index (χ1v) is 9.21. The number of benzene rings is 1. The number of likely N-dealkylation sites (tertiary alicyclic amines) is 1. The van der Waals surface area contributed by atoms with Crippen LogP contribution in [0, 0.1) is 0 Å². The van der Waals surface area contributed by atoms with Crippen LogP contribution in [0.4, 0.5) is 4.79 Å². The number of rotatable bonds is 3.